The molecule has 2 aromatic carbocycles. The van der Waals surface area contributed by atoms with Crippen LogP contribution in [0.15, 0.2) is 57.8 Å². The Kier molecular flexibility index (Phi) is 6.59. The van der Waals surface area contributed by atoms with Gasteiger partial charge in [-0.2, -0.15) is 0 Å². The van der Waals surface area contributed by atoms with Crippen molar-refractivity contribution in [2.45, 2.75) is 26.4 Å². The third kappa shape index (κ3) is 5.05. The first kappa shape index (κ1) is 20.2. The van der Waals surface area contributed by atoms with Crippen LogP contribution in [0.3, 0.4) is 0 Å². The molecule has 0 aliphatic heterocycles. The van der Waals surface area contributed by atoms with E-state index < -0.39 is 0 Å². The second-order valence-corrected chi connectivity index (χ2v) is 7.59. The topological polar surface area (TPSA) is 78.1 Å². The Morgan fingerprint density at radius 2 is 1.93 bits per heavy atom. The molecule has 146 valence electrons. The molecule has 3 aromatic rings. The quantitative estimate of drug-likeness (QED) is 0.587. The van der Waals surface area contributed by atoms with Crippen molar-refractivity contribution < 1.29 is 4.79 Å². The van der Waals surface area contributed by atoms with Crippen molar-refractivity contribution in [1.82, 2.24) is 20.2 Å². The van der Waals surface area contributed by atoms with Gasteiger partial charge in [-0.05, 0) is 43.3 Å². The summed E-state index contributed by atoms with van der Waals surface area (Å²) in [6.07, 6.45) is 0. The van der Waals surface area contributed by atoms with Crippen LogP contribution in [-0.2, 0) is 11.3 Å². The minimum Gasteiger partial charge on any atom is -0.348 e. The molecule has 0 radical (unpaired) electrons. The summed E-state index contributed by atoms with van der Waals surface area (Å²) in [5, 5.41) is 3.58. The highest BCUT2D eigenvalue weighted by Crippen LogP contribution is 2.16. The number of hydrogen-bond acceptors (Lipinski definition) is 4. The summed E-state index contributed by atoms with van der Waals surface area (Å²) >= 11 is 3.41. The van der Waals surface area contributed by atoms with E-state index in [4.69, 9.17) is 0 Å². The molecule has 3 rings (SSSR count). The zero-order valence-electron chi connectivity index (χ0n) is 15.9. The zero-order chi connectivity index (χ0) is 20.1. The molecule has 1 amide bonds. The van der Waals surface area contributed by atoms with Gasteiger partial charge in [0.15, 0.2) is 0 Å². The standard InChI is InChI=1S/C21H23BrN4O2/c1-3-26(12-19-24-18-7-5-4-6-17(18)21(28)25-19)13-20(27)23-14(2)15-8-10-16(22)11-9-15/h4-11,14H,3,12-13H2,1-2H3,(H,23,27)(H,24,25,28). The summed E-state index contributed by atoms with van der Waals surface area (Å²) in [7, 11) is 0. The Morgan fingerprint density at radius 1 is 1.21 bits per heavy atom. The normalized spacial score (nSPS) is 12.3. The fraction of sp³-hybridized carbons (Fsp3) is 0.286. The number of aromatic amines is 1. The van der Waals surface area contributed by atoms with Crippen molar-refractivity contribution in [3.05, 3.63) is 74.7 Å². The summed E-state index contributed by atoms with van der Waals surface area (Å²) in [6.45, 7) is 5.23. The molecule has 7 heteroatoms. The van der Waals surface area contributed by atoms with Gasteiger partial charge < -0.3 is 10.3 Å². The van der Waals surface area contributed by atoms with Gasteiger partial charge in [0.25, 0.3) is 5.56 Å². The predicted octanol–water partition coefficient (Wildman–Crippen LogP) is 3.38. The number of fused-ring (bicyclic) bond motifs is 1. The Bertz CT molecular complexity index is 1020. The first-order valence-electron chi connectivity index (χ1n) is 9.21. The average molecular weight is 443 g/mol. The van der Waals surface area contributed by atoms with Crippen LogP contribution in [0.1, 0.15) is 31.3 Å². The Balaban J connectivity index is 1.64. The summed E-state index contributed by atoms with van der Waals surface area (Å²) in [4.78, 5) is 34.0. The Labute approximate surface area is 172 Å². The second kappa shape index (κ2) is 9.12. The molecule has 0 bridgehead atoms. The molecule has 6 nitrogen and oxygen atoms in total. The number of nitrogens with one attached hydrogen (secondary N) is 2. The number of carbonyl (C=O) groups is 1. The van der Waals surface area contributed by atoms with Gasteiger partial charge in [-0.1, -0.05) is 47.1 Å². The first-order valence-corrected chi connectivity index (χ1v) is 10.0. The number of halogens is 1. The summed E-state index contributed by atoms with van der Waals surface area (Å²) < 4.78 is 1.00. The predicted molar refractivity (Wildman–Crippen MR) is 114 cm³/mol. The second-order valence-electron chi connectivity index (χ2n) is 6.67. The highest BCUT2D eigenvalue weighted by atomic mass is 79.9. The average Bonchev–Trinajstić information content (AvgIpc) is 2.68. The minimum absolute atomic E-state index is 0.0691. The maximum absolute atomic E-state index is 12.5. The lowest BCUT2D eigenvalue weighted by Crippen LogP contribution is -2.38. The van der Waals surface area contributed by atoms with Gasteiger partial charge in [0.2, 0.25) is 5.91 Å². The molecule has 0 aliphatic carbocycles. The van der Waals surface area contributed by atoms with Crippen LogP contribution in [0.4, 0.5) is 0 Å². The summed E-state index contributed by atoms with van der Waals surface area (Å²) in [6, 6.07) is 15.0. The number of nitrogens with zero attached hydrogens (tertiary/aromatic N) is 2. The van der Waals surface area contributed by atoms with Gasteiger partial charge in [0, 0.05) is 4.47 Å². The number of hydrogen-bond donors (Lipinski definition) is 2. The van der Waals surface area contributed by atoms with Crippen molar-refractivity contribution in [1.29, 1.82) is 0 Å². The number of H-pyrrole nitrogens is 1. The lowest BCUT2D eigenvalue weighted by molar-refractivity contribution is -0.123. The fourth-order valence-electron chi connectivity index (χ4n) is 3.03. The number of rotatable bonds is 7. The third-order valence-electron chi connectivity index (χ3n) is 4.60. The highest BCUT2D eigenvalue weighted by molar-refractivity contribution is 9.10. The SMILES string of the molecule is CCN(CC(=O)NC(C)c1ccc(Br)cc1)Cc1nc2ccccc2c(=O)[nH]1. The van der Waals surface area contributed by atoms with E-state index in [-0.39, 0.29) is 24.1 Å². The van der Waals surface area contributed by atoms with Crippen molar-refractivity contribution in [2.24, 2.45) is 0 Å². The number of likely N-dealkylation sites (N-methyl/N-ethyl adjacent to an activating group) is 1. The number of para-hydroxylation sites is 1. The van der Waals surface area contributed by atoms with Gasteiger partial charge in [-0.25, -0.2) is 4.98 Å². The van der Waals surface area contributed by atoms with E-state index in [1.165, 1.54) is 0 Å². The first-order chi connectivity index (χ1) is 13.5. The molecule has 2 N–H and O–H groups in total. The molecule has 1 heterocycles. The van der Waals surface area contributed by atoms with Crippen LogP contribution in [0, 0.1) is 0 Å². The van der Waals surface area contributed by atoms with Crippen molar-refractivity contribution >= 4 is 32.7 Å². The number of amides is 1. The lowest BCUT2D eigenvalue weighted by Gasteiger charge is -2.21. The highest BCUT2D eigenvalue weighted by Gasteiger charge is 2.15. The molecule has 1 aromatic heterocycles. The van der Waals surface area contributed by atoms with E-state index in [2.05, 4.69) is 31.2 Å². The fourth-order valence-corrected chi connectivity index (χ4v) is 3.29. The number of aromatic nitrogens is 2. The maximum Gasteiger partial charge on any atom is 0.258 e. The molecular formula is C21H23BrN4O2. The largest absolute Gasteiger partial charge is 0.348 e. The van der Waals surface area contributed by atoms with E-state index in [0.717, 1.165) is 10.0 Å². The van der Waals surface area contributed by atoms with Gasteiger partial charge in [0.1, 0.15) is 5.82 Å². The van der Waals surface area contributed by atoms with Crippen LogP contribution in [-0.4, -0.2) is 33.9 Å². The molecular weight excluding hydrogens is 420 g/mol. The van der Waals surface area contributed by atoms with Crippen molar-refractivity contribution in [2.75, 3.05) is 13.1 Å². The van der Waals surface area contributed by atoms with Gasteiger partial charge in [0.05, 0.1) is 30.0 Å². The summed E-state index contributed by atoms with van der Waals surface area (Å²) in [5.74, 6) is 0.486. The van der Waals surface area contributed by atoms with E-state index in [0.29, 0.717) is 29.8 Å². The molecule has 0 saturated carbocycles. The van der Waals surface area contributed by atoms with Crippen LogP contribution in [0.25, 0.3) is 10.9 Å². The smallest absolute Gasteiger partial charge is 0.258 e. The molecule has 0 aliphatic rings. The molecule has 1 atom stereocenters. The van der Waals surface area contributed by atoms with Crippen molar-refractivity contribution in [3.8, 4) is 0 Å². The Morgan fingerprint density at radius 3 is 2.64 bits per heavy atom. The third-order valence-corrected chi connectivity index (χ3v) is 5.13. The number of carbonyl (C=O) groups excluding carboxylic acids is 1. The minimum atomic E-state index is -0.162. The van der Waals surface area contributed by atoms with Crippen LogP contribution in [0.5, 0.6) is 0 Å². The molecule has 0 saturated heterocycles. The summed E-state index contributed by atoms with van der Waals surface area (Å²) in [5.41, 5.74) is 1.54. The monoisotopic (exact) mass is 442 g/mol. The van der Waals surface area contributed by atoms with Gasteiger partial charge in [-0.15, -0.1) is 0 Å². The van der Waals surface area contributed by atoms with E-state index in [9.17, 15) is 9.59 Å². The maximum atomic E-state index is 12.5. The van der Waals surface area contributed by atoms with Gasteiger partial charge in [-0.3, -0.25) is 14.5 Å². The van der Waals surface area contributed by atoms with Gasteiger partial charge >= 0.3 is 0 Å². The lowest BCUT2D eigenvalue weighted by atomic mass is 10.1. The van der Waals surface area contributed by atoms with E-state index in [1.807, 2.05) is 61.2 Å². The number of benzene rings is 2. The van der Waals surface area contributed by atoms with Crippen molar-refractivity contribution in [3.63, 3.8) is 0 Å². The van der Waals surface area contributed by atoms with Crippen LogP contribution in [0.2, 0.25) is 0 Å². The van der Waals surface area contributed by atoms with E-state index in [1.54, 1.807) is 6.07 Å². The van der Waals surface area contributed by atoms with E-state index >= 15 is 0 Å². The molecule has 0 fully saturated rings. The molecule has 0 spiro atoms. The van der Waals surface area contributed by atoms with Crippen LogP contribution < -0.4 is 10.9 Å². The molecule has 1 unspecified atom stereocenters. The van der Waals surface area contributed by atoms with Crippen LogP contribution >= 0.6 is 15.9 Å². The Hall–Kier alpha value is -2.51. The molecule has 28 heavy (non-hydrogen) atoms. The zero-order valence-corrected chi connectivity index (χ0v) is 17.5.